The van der Waals surface area contributed by atoms with Crippen LogP contribution in [0, 0.1) is 5.92 Å². The van der Waals surface area contributed by atoms with Crippen LogP contribution in [0.5, 0.6) is 5.88 Å². The van der Waals surface area contributed by atoms with E-state index in [4.69, 9.17) is 4.74 Å². The van der Waals surface area contributed by atoms with Gasteiger partial charge in [0.05, 0.1) is 13.2 Å². The number of carbonyl (C=O) groups is 1. The zero-order chi connectivity index (χ0) is 18.4. The number of pyridine rings is 1. The molecule has 6 heteroatoms. The molecule has 26 heavy (non-hydrogen) atoms. The number of methoxy groups -OCH3 is 1. The minimum absolute atomic E-state index is 0.0939. The van der Waals surface area contributed by atoms with Crippen LogP contribution in [-0.4, -0.2) is 41.2 Å². The van der Waals surface area contributed by atoms with Crippen molar-refractivity contribution in [2.24, 2.45) is 5.92 Å². The van der Waals surface area contributed by atoms with Crippen LogP contribution >= 0.6 is 0 Å². The minimum atomic E-state index is -0.471. The fraction of sp³-hybridized carbons (Fsp3) is 0.400. The first kappa shape index (κ1) is 18.2. The normalized spacial score (nSPS) is 16.2. The van der Waals surface area contributed by atoms with Crippen LogP contribution in [-0.2, 0) is 6.54 Å². The van der Waals surface area contributed by atoms with Gasteiger partial charge in [0.25, 0.3) is 0 Å². The largest absolute Gasteiger partial charge is 0.481 e. The molecule has 1 aliphatic rings. The van der Waals surface area contributed by atoms with Gasteiger partial charge in [0.1, 0.15) is 0 Å². The highest BCUT2D eigenvalue weighted by molar-refractivity contribution is 5.74. The number of carbonyl (C=O) groups excluding carboxylic acids is 1. The van der Waals surface area contributed by atoms with Gasteiger partial charge in [-0.1, -0.05) is 36.4 Å². The van der Waals surface area contributed by atoms with Gasteiger partial charge in [-0.3, -0.25) is 0 Å². The lowest BCUT2D eigenvalue weighted by Gasteiger charge is -2.34. The molecule has 2 N–H and O–H groups in total. The maximum atomic E-state index is 12.4. The van der Waals surface area contributed by atoms with Gasteiger partial charge in [0.2, 0.25) is 5.88 Å². The molecule has 0 bridgehead atoms. The van der Waals surface area contributed by atoms with E-state index in [9.17, 15) is 9.90 Å². The third-order valence-corrected chi connectivity index (χ3v) is 4.89. The van der Waals surface area contributed by atoms with Gasteiger partial charge in [-0.25, -0.2) is 9.78 Å². The van der Waals surface area contributed by atoms with E-state index in [0.29, 0.717) is 25.5 Å². The summed E-state index contributed by atoms with van der Waals surface area (Å²) in [5.41, 5.74) is 1.79. The molecule has 0 spiro atoms. The Kier molecular flexibility index (Phi) is 6.07. The maximum Gasteiger partial charge on any atom is 0.317 e. The Bertz CT molecular complexity index is 715. The highest BCUT2D eigenvalue weighted by atomic mass is 16.5. The van der Waals surface area contributed by atoms with Crippen LogP contribution in [0.1, 0.15) is 30.1 Å². The minimum Gasteiger partial charge on any atom is -0.481 e. The highest BCUT2D eigenvalue weighted by Crippen LogP contribution is 2.30. The first-order chi connectivity index (χ1) is 12.7. The Hall–Kier alpha value is -2.60. The highest BCUT2D eigenvalue weighted by Gasteiger charge is 2.28. The molecule has 1 fully saturated rings. The molecule has 0 aliphatic carbocycles. The zero-order valence-electron chi connectivity index (χ0n) is 15.0. The molecule has 3 rings (SSSR count). The van der Waals surface area contributed by atoms with E-state index in [1.54, 1.807) is 18.2 Å². The lowest BCUT2D eigenvalue weighted by Crippen LogP contribution is -2.45. The van der Waals surface area contributed by atoms with Gasteiger partial charge in [-0.2, -0.15) is 0 Å². The van der Waals surface area contributed by atoms with Crippen LogP contribution in [0.3, 0.4) is 0 Å². The summed E-state index contributed by atoms with van der Waals surface area (Å²) in [4.78, 5) is 18.3. The Morgan fingerprint density at radius 2 is 2.00 bits per heavy atom. The molecule has 1 aliphatic heterocycles. The molecule has 1 aromatic carbocycles. The van der Waals surface area contributed by atoms with Gasteiger partial charge < -0.3 is 20.1 Å². The van der Waals surface area contributed by atoms with E-state index in [-0.39, 0.29) is 11.9 Å². The van der Waals surface area contributed by atoms with Gasteiger partial charge in [-0.05, 0) is 30.4 Å². The summed E-state index contributed by atoms with van der Waals surface area (Å²) in [5, 5.41) is 13.5. The van der Waals surface area contributed by atoms with Crippen LogP contribution in [0.15, 0.2) is 48.7 Å². The van der Waals surface area contributed by atoms with E-state index in [2.05, 4.69) is 10.3 Å². The van der Waals surface area contributed by atoms with Crippen molar-refractivity contribution < 1.29 is 14.6 Å². The van der Waals surface area contributed by atoms with Crippen molar-refractivity contribution in [2.75, 3.05) is 20.2 Å². The van der Waals surface area contributed by atoms with Crippen LogP contribution in [0.25, 0.3) is 0 Å². The molecule has 0 radical (unpaired) electrons. The summed E-state index contributed by atoms with van der Waals surface area (Å²) >= 11 is 0. The van der Waals surface area contributed by atoms with Crippen LogP contribution < -0.4 is 10.1 Å². The molecule has 1 saturated heterocycles. The number of ether oxygens (including phenoxy) is 1. The fourth-order valence-electron chi connectivity index (χ4n) is 3.37. The SMILES string of the molecule is COc1ncccc1CNC(=O)N1CCC(C(O)c2ccccc2)CC1. The number of nitrogens with one attached hydrogen (secondary N) is 1. The monoisotopic (exact) mass is 355 g/mol. The van der Waals surface area contributed by atoms with Crippen molar-refractivity contribution in [1.82, 2.24) is 15.2 Å². The Morgan fingerprint density at radius 1 is 1.27 bits per heavy atom. The van der Waals surface area contributed by atoms with Gasteiger partial charge in [0.15, 0.2) is 0 Å². The first-order valence-corrected chi connectivity index (χ1v) is 8.92. The number of aliphatic hydroxyl groups is 1. The predicted octanol–water partition coefficient (Wildman–Crippen LogP) is 2.75. The molecule has 2 aromatic rings. The number of hydrogen-bond acceptors (Lipinski definition) is 4. The van der Waals surface area contributed by atoms with E-state index >= 15 is 0 Å². The second-order valence-corrected chi connectivity index (χ2v) is 6.51. The molecule has 2 heterocycles. The van der Waals surface area contributed by atoms with E-state index in [0.717, 1.165) is 24.0 Å². The number of rotatable bonds is 5. The number of aliphatic hydroxyl groups excluding tert-OH is 1. The van der Waals surface area contributed by atoms with E-state index in [1.807, 2.05) is 42.5 Å². The smallest absolute Gasteiger partial charge is 0.317 e. The summed E-state index contributed by atoms with van der Waals surface area (Å²) in [5.74, 6) is 0.706. The molecular weight excluding hydrogens is 330 g/mol. The number of urea groups is 1. The average Bonchev–Trinajstić information content (AvgIpc) is 2.72. The molecule has 1 atom stereocenters. The molecular formula is C20H25N3O3. The average molecular weight is 355 g/mol. The first-order valence-electron chi connectivity index (χ1n) is 8.92. The fourth-order valence-corrected chi connectivity index (χ4v) is 3.37. The quantitative estimate of drug-likeness (QED) is 0.865. The lowest BCUT2D eigenvalue weighted by atomic mass is 9.87. The number of benzene rings is 1. The molecule has 1 unspecified atom stereocenters. The number of amides is 2. The van der Waals surface area contributed by atoms with Gasteiger partial charge in [-0.15, -0.1) is 0 Å². The van der Waals surface area contributed by atoms with E-state index in [1.165, 1.54) is 0 Å². The van der Waals surface area contributed by atoms with Gasteiger partial charge in [0, 0.05) is 31.4 Å². The number of likely N-dealkylation sites (tertiary alicyclic amines) is 1. The summed E-state index contributed by atoms with van der Waals surface area (Å²) in [6.45, 7) is 1.66. The molecule has 0 saturated carbocycles. The van der Waals surface area contributed by atoms with Crippen molar-refractivity contribution in [1.29, 1.82) is 0 Å². The van der Waals surface area contributed by atoms with Crippen molar-refractivity contribution >= 4 is 6.03 Å². The van der Waals surface area contributed by atoms with Crippen LogP contribution in [0.4, 0.5) is 4.79 Å². The second-order valence-electron chi connectivity index (χ2n) is 6.51. The Balaban J connectivity index is 1.49. The lowest BCUT2D eigenvalue weighted by molar-refractivity contribution is 0.0665. The molecule has 2 amide bonds. The summed E-state index contributed by atoms with van der Waals surface area (Å²) in [6, 6.07) is 13.3. The van der Waals surface area contributed by atoms with E-state index < -0.39 is 6.10 Å². The predicted molar refractivity (Wildman–Crippen MR) is 98.7 cm³/mol. The second kappa shape index (κ2) is 8.67. The summed E-state index contributed by atoms with van der Waals surface area (Å²) < 4.78 is 5.20. The Labute approximate surface area is 153 Å². The standard InChI is InChI=1S/C20H25N3O3/c1-26-19-17(8-5-11-21-19)14-22-20(25)23-12-9-16(10-13-23)18(24)15-6-3-2-4-7-15/h2-8,11,16,18,24H,9-10,12-14H2,1H3,(H,22,25). The molecule has 6 nitrogen and oxygen atoms in total. The Morgan fingerprint density at radius 3 is 2.69 bits per heavy atom. The molecule has 138 valence electrons. The van der Waals surface area contributed by atoms with Crippen molar-refractivity contribution in [3.8, 4) is 5.88 Å². The van der Waals surface area contributed by atoms with Crippen molar-refractivity contribution in [3.05, 3.63) is 59.8 Å². The zero-order valence-corrected chi connectivity index (χ0v) is 15.0. The number of nitrogens with zero attached hydrogens (tertiary/aromatic N) is 2. The van der Waals surface area contributed by atoms with Gasteiger partial charge >= 0.3 is 6.03 Å². The topological polar surface area (TPSA) is 74.7 Å². The maximum absolute atomic E-state index is 12.4. The van der Waals surface area contributed by atoms with Crippen molar-refractivity contribution in [3.63, 3.8) is 0 Å². The summed E-state index contributed by atoms with van der Waals surface area (Å²) in [6.07, 6.45) is 2.77. The number of hydrogen-bond donors (Lipinski definition) is 2. The molecule has 1 aromatic heterocycles. The third-order valence-electron chi connectivity index (χ3n) is 4.89. The number of piperidine rings is 1. The van der Waals surface area contributed by atoms with Crippen molar-refractivity contribution in [2.45, 2.75) is 25.5 Å². The number of aromatic nitrogens is 1. The summed E-state index contributed by atoms with van der Waals surface area (Å²) in [7, 11) is 1.57. The van der Waals surface area contributed by atoms with Crippen LogP contribution in [0.2, 0.25) is 0 Å². The third kappa shape index (κ3) is 4.32.